The Balaban J connectivity index is 1.48. The van der Waals surface area contributed by atoms with Gasteiger partial charge in [-0.3, -0.25) is 4.90 Å². The highest BCUT2D eigenvalue weighted by Crippen LogP contribution is 2.19. The van der Waals surface area contributed by atoms with Crippen molar-refractivity contribution in [3.63, 3.8) is 0 Å². The molecule has 1 fully saturated rings. The second-order valence-corrected chi connectivity index (χ2v) is 5.44. The number of ether oxygens (including phenoxy) is 2. The van der Waals surface area contributed by atoms with E-state index in [4.69, 9.17) is 14.7 Å². The van der Waals surface area contributed by atoms with Crippen LogP contribution >= 0.6 is 0 Å². The summed E-state index contributed by atoms with van der Waals surface area (Å²) >= 11 is 0. The summed E-state index contributed by atoms with van der Waals surface area (Å²) in [6, 6.07) is 9.25. The highest BCUT2D eigenvalue weighted by atomic mass is 16.5. The van der Waals surface area contributed by atoms with Crippen LogP contribution in [0.3, 0.4) is 0 Å². The number of benzene rings is 1. The third-order valence-electron chi connectivity index (χ3n) is 3.84. The van der Waals surface area contributed by atoms with Crippen molar-refractivity contribution in [2.24, 2.45) is 7.05 Å². The van der Waals surface area contributed by atoms with E-state index < -0.39 is 0 Å². The van der Waals surface area contributed by atoms with Gasteiger partial charge < -0.3 is 14.0 Å². The first kappa shape index (κ1) is 15.5. The number of rotatable bonds is 5. The van der Waals surface area contributed by atoms with Crippen LogP contribution in [-0.4, -0.2) is 52.5 Å². The van der Waals surface area contributed by atoms with E-state index in [0.29, 0.717) is 18.8 Å². The molecule has 7 nitrogen and oxygen atoms in total. The van der Waals surface area contributed by atoms with E-state index >= 15 is 0 Å². The summed E-state index contributed by atoms with van der Waals surface area (Å²) < 4.78 is 13.4. The van der Waals surface area contributed by atoms with Crippen molar-refractivity contribution in [1.29, 1.82) is 5.26 Å². The molecule has 2 heterocycles. The Labute approximate surface area is 135 Å². The maximum absolute atomic E-state index is 8.78. The van der Waals surface area contributed by atoms with Gasteiger partial charge in [-0.25, -0.2) is 0 Å². The fourth-order valence-corrected chi connectivity index (χ4v) is 2.56. The first-order chi connectivity index (χ1) is 11.3. The number of nitriles is 1. The molecule has 1 atom stereocenters. The molecule has 0 N–H and O–H groups in total. The van der Waals surface area contributed by atoms with Crippen LogP contribution in [0, 0.1) is 11.3 Å². The molecule has 1 aliphatic rings. The molecule has 1 aliphatic heterocycles. The van der Waals surface area contributed by atoms with Crippen LogP contribution < -0.4 is 4.74 Å². The molecular weight excluding hydrogens is 294 g/mol. The maximum Gasteiger partial charge on any atom is 0.163 e. The third-order valence-corrected chi connectivity index (χ3v) is 3.84. The number of hydrogen-bond donors (Lipinski definition) is 0. The monoisotopic (exact) mass is 313 g/mol. The van der Waals surface area contributed by atoms with Crippen molar-refractivity contribution in [2.75, 3.05) is 32.8 Å². The van der Waals surface area contributed by atoms with Crippen LogP contribution in [-0.2, 0) is 11.8 Å². The first-order valence-electron chi connectivity index (χ1n) is 7.57. The van der Waals surface area contributed by atoms with Gasteiger partial charge in [0, 0.05) is 26.7 Å². The zero-order chi connectivity index (χ0) is 16.1. The Hall–Kier alpha value is -2.43. The van der Waals surface area contributed by atoms with Gasteiger partial charge in [-0.2, -0.15) is 5.26 Å². The highest BCUT2D eigenvalue weighted by Gasteiger charge is 2.25. The largest absolute Gasteiger partial charge is 0.492 e. The van der Waals surface area contributed by atoms with Gasteiger partial charge in [0.2, 0.25) is 0 Å². The summed E-state index contributed by atoms with van der Waals surface area (Å²) in [6.45, 7) is 3.75. The lowest BCUT2D eigenvalue weighted by Gasteiger charge is -2.32. The topological polar surface area (TPSA) is 76.2 Å². The van der Waals surface area contributed by atoms with Gasteiger partial charge in [-0.05, 0) is 24.3 Å². The van der Waals surface area contributed by atoms with Crippen molar-refractivity contribution < 1.29 is 9.47 Å². The summed E-state index contributed by atoms with van der Waals surface area (Å²) in [4.78, 5) is 2.30. The van der Waals surface area contributed by atoms with E-state index in [-0.39, 0.29) is 6.10 Å². The predicted molar refractivity (Wildman–Crippen MR) is 82.8 cm³/mol. The first-order valence-corrected chi connectivity index (χ1v) is 7.57. The molecule has 0 radical (unpaired) electrons. The molecule has 3 rings (SSSR count). The van der Waals surface area contributed by atoms with Crippen molar-refractivity contribution >= 4 is 0 Å². The van der Waals surface area contributed by atoms with Crippen LogP contribution in [0.15, 0.2) is 30.6 Å². The average molecular weight is 313 g/mol. The summed E-state index contributed by atoms with van der Waals surface area (Å²) in [6.07, 6.45) is 1.64. The Morgan fingerprint density at radius 2 is 2.22 bits per heavy atom. The average Bonchev–Trinajstić information content (AvgIpc) is 3.02. The molecule has 1 aromatic heterocycles. The van der Waals surface area contributed by atoms with Gasteiger partial charge in [0.05, 0.1) is 18.2 Å². The second kappa shape index (κ2) is 7.22. The number of aryl methyl sites for hydroxylation is 1. The third kappa shape index (κ3) is 3.86. The van der Waals surface area contributed by atoms with Crippen LogP contribution in [0.1, 0.15) is 17.5 Å². The normalized spacial score (nSPS) is 18.5. The summed E-state index contributed by atoms with van der Waals surface area (Å²) in [5.41, 5.74) is 0.636. The number of hydrogen-bond acceptors (Lipinski definition) is 6. The quantitative estimate of drug-likeness (QED) is 0.824. The van der Waals surface area contributed by atoms with Crippen LogP contribution in [0.25, 0.3) is 0 Å². The SMILES string of the molecule is Cn1cnnc1[C@H]1CN(CCOc2ccc(C#N)cc2)CCO1. The number of aromatic nitrogens is 3. The Morgan fingerprint density at radius 1 is 1.39 bits per heavy atom. The van der Waals surface area contributed by atoms with Crippen molar-refractivity contribution in [1.82, 2.24) is 19.7 Å². The molecule has 0 saturated carbocycles. The maximum atomic E-state index is 8.78. The second-order valence-electron chi connectivity index (χ2n) is 5.44. The lowest BCUT2D eigenvalue weighted by molar-refractivity contribution is -0.0384. The summed E-state index contributed by atoms with van der Waals surface area (Å²) in [5, 5.41) is 16.8. The van der Waals surface area contributed by atoms with Gasteiger partial charge in [-0.1, -0.05) is 0 Å². The molecule has 0 spiro atoms. The zero-order valence-electron chi connectivity index (χ0n) is 13.1. The van der Waals surface area contributed by atoms with Crippen molar-refractivity contribution in [2.45, 2.75) is 6.10 Å². The molecule has 23 heavy (non-hydrogen) atoms. The smallest absolute Gasteiger partial charge is 0.163 e. The van der Waals surface area contributed by atoms with Crippen LogP contribution in [0.5, 0.6) is 5.75 Å². The van der Waals surface area contributed by atoms with E-state index in [1.54, 1.807) is 18.5 Å². The molecule has 0 amide bonds. The van der Waals surface area contributed by atoms with Crippen molar-refractivity contribution in [3.05, 3.63) is 42.0 Å². The summed E-state index contributed by atoms with van der Waals surface area (Å²) in [7, 11) is 1.92. The Kier molecular flexibility index (Phi) is 4.86. The molecule has 0 aliphatic carbocycles. The van der Waals surface area contributed by atoms with Gasteiger partial charge in [0.1, 0.15) is 24.8 Å². The van der Waals surface area contributed by atoms with Gasteiger partial charge >= 0.3 is 0 Å². The van der Waals surface area contributed by atoms with E-state index in [9.17, 15) is 0 Å². The highest BCUT2D eigenvalue weighted by molar-refractivity contribution is 5.34. The minimum atomic E-state index is -0.0498. The molecule has 7 heteroatoms. The zero-order valence-corrected chi connectivity index (χ0v) is 13.1. The standard InChI is InChI=1S/C16H19N5O2/c1-20-12-18-19-16(20)15-11-21(7-9-23-15)6-8-22-14-4-2-13(10-17)3-5-14/h2-5,12,15H,6-9,11H2,1H3/t15-/m1/s1. The predicted octanol–water partition coefficient (Wildman–Crippen LogP) is 1.14. The lowest BCUT2D eigenvalue weighted by Crippen LogP contribution is -2.41. The van der Waals surface area contributed by atoms with E-state index in [2.05, 4.69) is 21.2 Å². The minimum Gasteiger partial charge on any atom is -0.492 e. The molecule has 0 bridgehead atoms. The van der Waals surface area contributed by atoms with Gasteiger partial charge in [0.15, 0.2) is 5.82 Å². The number of morpholine rings is 1. The molecule has 120 valence electrons. The lowest BCUT2D eigenvalue weighted by atomic mass is 10.2. The van der Waals surface area contributed by atoms with Crippen LogP contribution in [0.4, 0.5) is 0 Å². The fourth-order valence-electron chi connectivity index (χ4n) is 2.56. The minimum absolute atomic E-state index is 0.0498. The van der Waals surface area contributed by atoms with E-state index in [1.165, 1.54) is 0 Å². The molecule has 1 aromatic carbocycles. The summed E-state index contributed by atoms with van der Waals surface area (Å²) in [5.74, 6) is 1.63. The molecule has 0 unspecified atom stereocenters. The van der Waals surface area contributed by atoms with Gasteiger partial charge in [-0.15, -0.1) is 10.2 Å². The van der Waals surface area contributed by atoms with E-state index in [0.717, 1.165) is 31.2 Å². The fraction of sp³-hybridized carbons (Fsp3) is 0.438. The molecular formula is C16H19N5O2. The van der Waals surface area contributed by atoms with Crippen molar-refractivity contribution in [3.8, 4) is 11.8 Å². The van der Waals surface area contributed by atoms with E-state index in [1.807, 2.05) is 23.7 Å². The van der Waals surface area contributed by atoms with Crippen LogP contribution in [0.2, 0.25) is 0 Å². The molecule has 1 saturated heterocycles. The Bertz CT molecular complexity index is 677. The number of nitrogens with zero attached hydrogens (tertiary/aromatic N) is 5. The van der Waals surface area contributed by atoms with Gasteiger partial charge in [0.25, 0.3) is 0 Å². The Morgan fingerprint density at radius 3 is 2.91 bits per heavy atom. The molecule has 2 aromatic rings.